The summed E-state index contributed by atoms with van der Waals surface area (Å²) in [6.07, 6.45) is 2.93. The number of esters is 1. The van der Waals surface area contributed by atoms with Gasteiger partial charge in [0.25, 0.3) is 0 Å². The molecule has 22 heavy (non-hydrogen) atoms. The molecule has 0 radical (unpaired) electrons. The van der Waals surface area contributed by atoms with Crippen LogP contribution in [0.15, 0.2) is 30.3 Å². The first kappa shape index (κ1) is 17.2. The molecule has 4 nitrogen and oxygen atoms in total. The number of hydrogen-bond acceptors (Lipinski definition) is 4. The normalized spacial score (nSPS) is 19.3. The lowest BCUT2D eigenvalue weighted by Crippen LogP contribution is -2.33. The molecule has 0 N–H and O–H groups in total. The molecule has 0 amide bonds. The highest BCUT2D eigenvalue weighted by atomic mass is 31.2. The zero-order valence-electron chi connectivity index (χ0n) is 13.5. The molecular formula is C17H26NO3P. The van der Waals surface area contributed by atoms with Gasteiger partial charge in [-0.1, -0.05) is 44.2 Å². The van der Waals surface area contributed by atoms with E-state index in [1.165, 1.54) is 5.56 Å². The van der Waals surface area contributed by atoms with Gasteiger partial charge in [0, 0.05) is 13.1 Å². The fourth-order valence-electron chi connectivity index (χ4n) is 2.80. The van der Waals surface area contributed by atoms with E-state index in [-0.39, 0.29) is 18.4 Å². The van der Waals surface area contributed by atoms with Gasteiger partial charge in [-0.3, -0.25) is 9.69 Å². The number of hydrogen-bond donors (Lipinski definition) is 0. The molecule has 5 heteroatoms. The molecule has 122 valence electrons. The second-order valence-electron chi connectivity index (χ2n) is 5.89. The number of rotatable bonds is 7. The Kier molecular flexibility index (Phi) is 6.22. The van der Waals surface area contributed by atoms with Crippen LogP contribution >= 0.6 is 7.14 Å². The summed E-state index contributed by atoms with van der Waals surface area (Å²) in [5.74, 6) is -0.308. The SMILES string of the molecule is CCP(=O)(CC)CC(=O)OC1CCCN1Cc1ccccc1. The lowest BCUT2D eigenvalue weighted by molar-refractivity contribution is -0.153. The maximum atomic E-state index is 12.4. The minimum atomic E-state index is -2.37. The predicted octanol–water partition coefficient (Wildman–Crippen LogP) is 3.55. The largest absolute Gasteiger partial charge is 0.446 e. The average Bonchev–Trinajstić information content (AvgIpc) is 2.95. The van der Waals surface area contributed by atoms with Crippen molar-refractivity contribution in [1.29, 1.82) is 0 Å². The number of likely N-dealkylation sites (tertiary alicyclic amines) is 1. The minimum Gasteiger partial charge on any atom is -0.446 e. The van der Waals surface area contributed by atoms with Gasteiger partial charge in [-0.25, -0.2) is 0 Å². The molecule has 1 aromatic rings. The molecule has 1 atom stereocenters. The molecule has 1 heterocycles. The third kappa shape index (κ3) is 4.69. The Morgan fingerprint density at radius 3 is 2.59 bits per heavy atom. The van der Waals surface area contributed by atoms with Crippen molar-refractivity contribution in [3.8, 4) is 0 Å². The van der Waals surface area contributed by atoms with Crippen LogP contribution < -0.4 is 0 Å². The predicted molar refractivity (Wildman–Crippen MR) is 89.5 cm³/mol. The Balaban J connectivity index is 1.91. The Labute approximate surface area is 133 Å². The third-order valence-corrected chi connectivity index (χ3v) is 7.51. The second-order valence-corrected chi connectivity index (χ2v) is 9.59. The van der Waals surface area contributed by atoms with E-state index in [2.05, 4.69) is 17.0 Å². The molecule has 1 fully saturated rings. The van der Waals surface area contributed by atoms with Crippen LogP contribution in [-0.4, -0.2) is 42.1 Å². The molecule has 1 aromatic carbocycles. The summed E-state index contributed by atoms with van der Waals surface area (Å²) in [7, 11) is -2.37. The van der Waals surface area contributed by atoms with Gasteiger partial charge in [-0.15, -0.1) is 0 Å². The van der Waals surface area contributed by atoms with Crippen molar-refractivity contribution in [3.63, 3.8) is 0 Å². The zero-order chi connectivity index (χ0) is 16.0. The summed E-state index contributed by atoms with van der Waals surface area (Å²) in [6.45, 7) is 5.49. The fraction of sp³-hybridized carbons (Fsp3) is 0.588. The summed E-state index contributed by atoms with van der Waals surface area (Å²) in [5.41, 5.74) is 1.22. The third-order valence-electron chi connectivity index (χ3n) is 4.37. The quantitative estimate of drug-likeness (QED) is 0.569. The van der Waals surface area contributed by atoms with Crippen molar-refractivity contribution in [1.82, 2.24) is 4.90 Å². The molecule has 2 rings (SSSR count). The lowest BCUT2D eigenvalue weighted by Gasteiger charge is -2.25. The van der Waals surface area contributed by atoms with Gasteiger partial charge in [-0.05, 0) is 30.7 Å². The highest BCUT2D eigenvalue weighted by Crippen LogP contribution is 2.44. The topological polar surface area (TPSA) is 46.6 Å². The van der Waals surface area contributed by atoms with Gasteiger partial charge >= 0.3 is 5.97 Å². The fourth-order valence-corrected chi connectivity index (χ4v) is 4.24. The van der Waals surface area contributed by atoms with Crippen LogP contribution in [0.3, 0.4) is 0 Å². The van der Waals surface area contributed by atoms with Crippen molar-refractivity contribution >= 4 is 13.1 Å². The van der Waals surface area contributed by atoms with Crippen molar-refractivity contribution in [2.45, 2.75) is 39.5 Å². The van der Waals surface area contributed by atoms with Gasteiger partial charge < -0.3 is 9.30 Å². The number of carbonyl (C=O) groups excluding carboxylic acids is 1. The molecule has 1 saturated heterocycles. The first-order valence-corrected chi connectivity index (χ1v) is 10.4. The summed E-state index contributed by atoms with van der Waals surface area (Å²) in [4.78, 5) is 14.3. The van der Waals surface area contributed by atoms with Crippen molar-refractivity contribution < 1.29 is 14.1 Å². The van der Waals surface area contributed by atoms with Crippen LogP contribution in [0.2, 0.25) is 0 Å². The summed E-state index contributed by atoms with van der Waals surface area (Å²) < 4.78 is 18.0. The first-order chi connectivity index (χ1) is 10.6. The summed E-state index contributed by atoms with van der Waals surface area (Å²) in [5, 5.41) is 0. The average molecular weight is 323 g/mol. The van der Waals surface area contributed by atoms with E-state index in [0.29, 0.717) is 12.3 Å². The van der Waals surface area contributed by atoms with Gasteiger partial charge in [0.2, 0.25) is 0 Å². The van der Waals surface area contributed by atoms with Gasteiger partial charge in [0.15, 0.2) is 6.23 Å². The number of carbonyl (C=O) groups is 1. The van der Waals surface area contributed by atoms with Crippen molar-refractivity contribution in [2.24, 2.45) is 0 Å². The number of ether oxygens (including phenoxy) is 1. The second kappa shape index (κ2) is 7.94. The van der Waals surface area contributed by atoms with Crippen LogP contribution in [-0.2, 0) is 20.6 Å². The van der Waals surface area contributed by atoms with E-state index in [0.717, 1.165) is 25.9 Å². The Bertz CT molecular complexity index is 524. The molecule has 0 saturated carbocycles. The van der Waals surface area contributed by atoms with Crippen molar-refractivity contribution in [2.75, 3.05) is 25.0 Å². The summed E-state index contributed by atoms with van der Waals surface area (Å²) >= 11 is 0. The maximum Gasteiger partial charge on any atom is 0.314 e. The zero-order valence-corrected chi connectivity index (χ0v) is 14.4. The molecule has 1 aliphatic rings. The first-order valence-electron chi connectivity index (χ1n) is 8.11. The van der Waals surface area contributed by atoms with E-state index in [1.807, 2.05) is 32.0 Å². The Hall–Kier alpha value is -1.12. The highest BCUT2D eigenvalue weighted by Gasteiger charge is 2.30. The van der Waals surface area contributed by atoms with Crippen LogP contribution in [0, 0.1) is 0 Å². The highest BCUT2D eigenvalue weighted by molar-refractivity contribution is 7.64. The number of benzene rings is 1. The molecule has 0 aromatic heterocycles. The molecule has 1 aliphatic heterocycles. The van der Waals surface area contributed by atoms with E-state index >= 15 is 0 Å². The maximum absolute atomic E-state index is 12.4. The molecule has 0 bridgehead atoms. The van der Waals surface area contributed by atoms with E-state index in [9.17, 15) is 9.36 Å². The van der Waals surface area contributed by atoms with E-state index in [1.54, 1.807) is 0 Å². The van der Waals surface area contributed by atoms with Gasteiger partial charge in [0.1, 0.15) is 0 Å². The van der Waals surface area contributed by atoms with Crippen LogP contribution in [0.1, 0.15) is 32.3 Å². The molecule has 0 spiro atoms. The standard InChI is InChI=1S/C17H26NO3P/c1-3-22(20,4-2)14-17(19)21-16-11-8-12-18(16)13-15-9-6-5-7-10-15/h5-7,9-10,16H,3-4,8,11-14H2,1-2H3. The van der Waals surface area contributed by atoms with Gasteiger partial charge in [-0.2, -0.15) is 0 Å². The monoisotopic (exact) mass is 323 g/mol. The number of nitrogens with zero attached hydrogens (tertiary/aromatic N) is 1. The smallest absolute Gasteiger partial charge is 0.314 e. The minimum absolute atomic E-state index is 0.0790. The lowest BCUT2D eigenvalue weighted by atomic mass is 10.2. The van der Waals surface area contributed by atoms with Crippen molar-refractivity contribution in [3.05, 3.63) is 35.9 Å². The Morgan fingerprint density at radius 2 is 1.95 bits per heavy atom. The van der Waals surface area contributed by atoms with Crippen LogP contribution in [0.5, 0.6) is 0 Å². The van der Waals surface area contributed by atoms with Crippen LogP contribution in [0.4, 0.5) is 0 Å². The van der Waals surface area contributed by atoms with E-state index < -0.39 is 7.14 Å². The molecular weight excluding hydrogens is 297 g/mol. The van der Waals surface area contributed by atoms with Gasteiger partial charge in [0.05, 0.1) is 13.3 Å². The molecule has 0 aliphatic carbocycles. The molecule has 1 unspecified atom stereocenters. The van der Waals surface area contributed by atoms with Crippen LogP contribution in [0.25, 0.3) is 0 Å². The summed E-state index contributed by atoms with van der Waals surface area (Å²) in [6, 6.07) is 10.2. The van der Waals surface area contributed by atoms with E-state index in [4.69, 9.17) is 4.74 Å². The Morgan fingerprint density at radius 1 is 1.27 bits per heavy atom.